The molecule has 134 valence electrons. The largest absolute Gasteiger partial charge is 0.492 e. The van der Waals surface area contributed by atoms with E-state index >= 15 is 0 Å². The predicted molar refractivity (Wildman–Crippen MR) is 92.5 cm³/mol. The molecule has 3 N–H and O–H groups in total. The molecule has 2 amide bonds. The number of carbonyl (C=O) groups excluding carboxylic acids is 1. The molecule has 0 spiro atoms. The Morgan fingerprint density at radius 2 is 2.08 bits per heavy atom. The van der Waals surface area contributed by atoms with Crippen LogP contribution in [0.4, 0.5) is 10.5 Å². The summed E-state index contributed by atoms with van der Waals surface area (Å²) in [5.74, 6) is 0.621. The minimum Gasteiger partial charge on any atom is -0.492 e. The number of anilines is 1. The van der Waals surface area contributed by atoms with Crippen molar-refractivity contribution in [2.45, 2.75) is 19.4 Å². The standard InChI is InChI=1S/C17H27N3O4/c1-3-24-15-7-5-4-6-14(15)19-16(21)18-12-17(2,22)13-20-8-10-23-11-9-20/h4-7,22H,3,8-13H2,1-2H3,(H2,18,19,21)/t17-/m1/s1. The van der Waals surface area contributed by atoms with E-state index in [9.17, 15) is 9.90 Å². The number of rotatable bonds is 7. The highest BCUT2D eigenvalue weighted by molar-refractivity contribution is 5.90. The maximum absolute atomic E-state index is 12.1. The van der Waals surface area contributed by atoms with Crippen LogP contribution in [0.5, 0.6) is 5.75 Å². The van der Waals surface area contributed by atoms with E-state index in [1.54, 1.807) is 19.1 Å². The smallest absolute Gasteiger partial charge is 0.319 e. The van der Waals surface area contributed by atoms with Gasteiger partial charge in [-0.3, -0.25) is 4.90 Å². The molecule has 1 aliphatic heterocycles. The molecule has 1 atom stereocenters. The van der Waals surface area contributed by atoms with Crippen molar-refractivity contribution in [2.75, 3.05) is 51.3 Å². The summed E-state index contributed by atoms with van der Waals surface area (Å²) in [5.41, 5.74) is -0.404. The van der Waals surface area contributed by atoms with E-state index in [1.807, 2.05) is 19.1 Å². The number of ether oxygens (including phenoxy) is 2. The van der Waals surface area contributed by atoms with Crippen LogP contribution in [-0.2, 0) is 4.74 Å². The van der Waals surface area contributed by atoms with Gasteiger partial charge in [-0.15, -0.1) is 0 Å². The second-order valence-electron chi connectivity index (χ2n) is 6.12. The van der Waals surface area contributed by atoms with Crippen molar-refractivity contribution in [1.29, 1.82) is 0 Å². The summed E-state index contributed by atoms with van der Waals surface area (Å²) in [7, 11) is 0. The number of nitrogens with zero attached hydrogens (tertiary/aromatic N) is 1. The number of aliphatic hydroxyl groups is 1. The molecule has 1 saturated heterocycles. The minimum absolute atomic E-state index is 0.160. The molecular formula is C17H27N3O4. The monoisotopic (exact) mass is 337 g/mol. The third-order valence-corrected chi connectivity index (χ3v) is 3.73. The van der Waals surface area contributed by atoms with Gasteiger partial charge in [0.2, 0.25) is 0 Å². The van der Waals surface area contributed by atoms with Gasteiger partial charge in [-0.05, 0) is 26.0 Å². The summed E-state index contributed by atoms with van der Waals surface area (Å²) in [5, 5.41) is 15.9. The van der Waals surface area contributed by atoms with Gasteiger partial charge in [0.1, 0.15) is 5.75 Å². The van der Waals surface area contributed by atoms with E-state index in [0.717, 1.165) is 13.1 Å². The summed E-state index contributed by atoms with van der Waals surface area (Å²) in [6.45, 7) is 7.73. The second-order valence-corrected chi connectivity index (χ2v) is 6.12. The highest BCUT2D eigenvalue weighted by Crippen LogP contribution is 2.23. The number of benzene rings is 1. The van der Waals surface area contributed by atoms with Crippen LogP contribution in [0, 0.1) is 0 Å². The minimum atomic E-state index is -1.01. The van der Waals surface area contributed by atoms with Crippen molar-refractivity contribution < 1.29 is 19.4 Å². The fourth-order valence-corrected chi connectivity index (χ4v) is 2.59. The van der Waals surface area contributed by atoms with E-state index in [4.69, 9.17) is 9.47 Å². The van der Waals surface area contributed by atoms with Crippen molar-refractivity contribution >= 4 is 11.7 Å². The Morgan fingerprint density at radius 1 is 1.38 bits per heavy atom. The lowest BCUT2D eigenvalue weighted by Gasteiger charge is -2.33. The highest BCUT2D eigenvalue weighted by Gasteiger charge is 2.26. The summed E-state index contributed by atoms with van der Waals surface area (Å²) in [4.78, 5) is 14.2. The molecular weight excluding hydrogens is 310 g/mol. The van der Waals surface area contributed by atoms with Crippen molar-refractivity contribution in [3.05, 3.63) is 24.3 Å². The van der Waals surface area contributed by atoms with Crippen LogP contribution >= 0.6 is 0 Å². The Hall–Kier alpha value is -1.83. The van der Waals surface area contributed by atoms with Crippen molar-refractivity contribution in [3.8, 4) is 5.75 Å². The Balaban J connectivity index is 1.81. The van der Waals surface area contributed by atoms with E-state index in [2.05, 4.69) is 15.5 Å². The summed E-state index contributed by atoms with van der Waals surface area (Å²) < 4.78 is 10.8. The van der Waals surface area contributed by atoms with Crippen LogP contribution in [0.2, 0.25) is 0 Å². The normalized spacial score (nSPS) is 17.8. The highest BCUT2D eigenvalue weighted by atomic mass is 16.5. The van der Waals surface area contributed by atoms with Crippen LogP contribution in [0.1, 0.15) is 13.8 Å². The molecule has 2 rings (SSSR count). The molecule has 7 heteroatoms. The lowest BCUT2D eigenvalue weighted by atomic mass is 10.1. The quantitative estimate of drug-likeness (QED) is 0.698. The molecule has 7 nitrogen and oxygen atoms in total. The van der Waals surface area contributed by atoms with Crippen molar-refractivity contribution in [1.82, 2.24) is 10.2 Å². The number of carbonyl (C=O) groups is 1. The Kier molecular flexibility index (Phi) is 6.84. The number of urea groups is 1. The number of hydrogen-bond donors (Lipinski definition) is 3. The first-order valence-electron chi connectivity index (χ1n) is 8.29. The third-order valence-electron chi connectivity index (χ3n) is 3.73. The zero-order valence-corrected chi connectivity index (χ0v) is 14.4. The van der Waals surface area contributed by atoms with Crippen LogP contribution in [0.3, 0.4) is 0 Å². The Morgan fingerprint density at radius 3 is 2.79 bits per heavy atom. The van der Waals surface area contributed by atoms with E-state index in [0.29, 0.717) is 37.8 Å². The van der Waals surface area contributed by atoms with E-state index in [1.165, 1.54) is 0 Å². The molecule has 0 aliphatic carbocycles. The summed E-state index contributed by atoms with van der Waals surface area (Å²) in [6.07, 6.45) is 0. The molecule has 0 bridgehead atoms. The average Bonchev–Trinajstić information content (AvgIpc) is 2.56. The molecule has 1 heterocycles. The molecule has 1 fully saturated rings. The SMILES string of the molecule is CCOc1ccccc1NC(=O)NC[C@@](C)(O)CN1CCOCC1. The van der Waals surface area contributed by atoms with Gasteiger partial charge in [-0.2, -0.15) is 0 Å². The van der Waals surface area contributed by atoms with Crippen molar-refractivity contribution in [2.24, 2.45) is 0 Å². The van der Waals surface area contributed by atoms with Gasteiger partial charge >= 0.3 is 6.03 Å². The number of para-hydroxylation sites is 2. The van der Waals surface area contributed by atoms with Crippen LogP contribution in [-0.4, -0.2) is 67.6 Å². The third kappa shape index (κ3) is 5.99. The van der Waals surface area contributed by atoms with Gasteiger partial charge in [-0.1, -0.05) is 12.1 Å². The lowest BCUT2D eigenvalue weighted by Crippen LogP contribution is -2.51. The Labute approximate surface area is 142 Å². The molecule has 1 aliphatic rings. The fraction of sp³-hybridized carbons (Fsp3) is 0.588. The summed E-state index contributed by atoms with van der Waals surface area (Å²) >= 11 is 0. The van der Waals surface area contributed by atoms with Gasteiger partial charge in [0.25, 0.3) is 0 Å². The molecule has 0 unspecified atom stereocenters. The molecule has 1 aromatic carbocycles. The number of nitrogens with one attached hydrogen (secondary N) is 2. The average molecular weight is 337 g/mol. The molecule has 0 radical (unpaired) electrons. The van der Waals surface area contributed by atoms with Crippen molar-refractivity contribution in [3.63, 3.8) is 0 Å². The maximum atomic E-state index is 12.1. The topological polar surface area (TPSA) is 83.1 Å². The predicted octanol–water partition coefficient (Wildman–Crippen LogP) is 1.29. The Bertz CT molecular complexity index is 530. The zero-order valence-electron chi connectivity index (χ0n) is 14.4. The lowest BCUT2D eigenvalue weighted by molar-refractivity contribution is -0.0205. The van der Waals surface area contributed by atoms with Crippen LogP contribution in [0.25, 0.3) is 0 Å². The fourth-order valence-electron chi connectivity index (χ4n) is 2.59. The van der Waals surface area contributed by atoms with Gasteiger partial charge in [0, 0.05) is 26.2 Å². The van der Waals surface area contributed by atoms with Gasteiger partial charge < -0.3 is 25.2 Å². The first kappa shape index (κ1) is 18.5. The first-order chi connectivity index (χ1) is 11.5. The second kappa shape index (κ2) is 8.86. The number of amides is 2. The van der Waals surface area contributed by atoms with Gasteiger partial charge in [-0.25, -0.2) is 4.79 Å². The maximum Gasteiger partial charge on any atom is 0.319 e. The zero-order chi connectivity index (χ0) is 17.4. The molecule has 0 saturated carbocycles. The summed E-state index contributed by atoms with van der Waals surface area (Å²) in [6, 6.07) is 6.88. The van der Waals surface area contributed by atoms with E-state index < -0.39 is 5.60 Å². The molecule has 24 heavy (non-hydrogen) atoms. The number of hydrogen-bond acceptors (Lipinski definition) is 5. The van der Waals surface area contributed by atoms with Gasteiger partial charge in [0.15, 0.2) is 0 Å². The van der Waals surface area contributed by atoms with Crippen LogP contribution < -0.4 is 15.4 Å². The first-order valence-corrected chi connectivity index (χ1v) is 8.29. The van der Waals surface area contributed by atoms with Gasteiger partial charge in [0.05, 0.1) is 31.1 Å². The van der Waals surface area contributed by atoms with E-state index in [-0.39, 0.29) is 12.6 Å². The number of morpholine rings is 1. The van der Waals surface area contributed by atoms with Crippen LogP contribution in [0.15, 0.2) is 24.3 Å². The molecule has 1 aromatic rings. The number of β-amino-alcohol motifs (C(OH)–C–C–N with tert-alkyl or cyclic N) is 1. The molecule has 0 aromatic heterocycles.